The number of benzene rings is 1. The number of aryl methyl sites for hydroxylation is 2. The van der Waals surface area contributed by atoms with Crippen molar-refractivity contribution in [2.45, 2.75) is 71.9 Å². The minimum Gasteiger partial charge on any atom is -0.307 e. The summed E-state index contributed by atoms with van der Waals surface area (Å²) in [7, 11) is 0. The van der Waals surface area contributed by atoms with Crippen LogP contribution in [0.1, 0.15) is 68.7 Å². The fraction of sp³-hybridized carbons (Fsp3) is 0.667. The van der Waals surface area contributed by atoms with Crippen molar-refractivity contribution in [1.29, 1.82) is 0 Å². The van der Waals surface area contributed by atoms with Crippen molar-refractivity contribution < 1.29 is 0 Å². The van der Waals surface area contributed by atoms with Crippen LogP contribution in [0.5, 0.6) is 0 Å². The Morgan fingerprint density at radius 1 is 1.21 bits per heavy atom. The molecule has 3 unspecified atom stereocenters. The van der Waals surface area contributed by atoms with Gasteiger partial charge in [0.2, 0.25) is 0 Å². The van der Waals surface area contributed by atoms with Crippen molar-refractivity contribution in [2.75, 3.05) is 0 Å². The molecule has 1 N–H and O–H groups in total. The molecule has 0 heterocycles. The summed E-state index contributed by atoms with van der Waals surface area (Å²) in [6.07, 6.45) is 6.90. The van der Waals surface area contributed by atoms with Crippen LogP contribution in [0.25, 0.3) is 0 Å². The van der Waals surface area contributed by atoms with Gasteiger partial charge in [-0.25, -0.2) is 0 Å². The second-order valence-corrected chi connectivity index (χ2v) is 6.37. The van der Waals surface area contributed by atoms with Crippen LogP contribution in [-0.2, 0) is 0 Å². The summed E-state index contributed by atoms with van der Waals surface area (Å²) >= 11 is 0. The summed E-state index contributed by atoms with van der Waals surface area (Å²) < 4.78 is 0. The maximum atomic E-state index is 3.85. The Morgan fingerprint density at radius 2 is 2.00 bits per heavy atom. The predicted octanol–water partition coefficient (Wildman–Crippen LogP) is 4.92. The molecule has 0 amide bonds. The van der Waals surface area contributed by atoms with Crippen LogP contribution in [-0.4, -0.2) is 6.04 Å². The number of hydrogen-bond donors (Lipinski definition) is 1. The Kier molecular flexibility index (Phi) is 5.04. The van der Waals surface area contributed by atoms with E-state index in [1.165, 1.54) is 48.8 Å². The Balaban J connectivity index is 1.96. The minimum atomic E-state index is 0.472. The van der Waals surface area contributed by atoms with Crippen molar-refractivity contribution >= 4 is 0 Å². The second kappa shape index (κ2) is 6.56. The number of rotatable bonds is 4. The van der Waals surface area contributed by atoms with Gasteiger partial charge in [-0.3, -0.25) is 0 Å². The Hall–Kier alpha value is -0.820. The van der Waals surface area contributed by atoms with Crippen molar-refractivity contribution in [2.24, 2.45) is 5.92 Å². The highest BCUT2D eigenvalue weighted by Crippen LogP contribution is 2.28. The van der Waals surface area contributed by atoms with Crippen LogP contribution < -0.4 is 5.32 Å². The van der Waals surface area contributed by atoms with Gasteiger partial charge in [0.25, 0.3) is 0 Å². The summed E-state index contributed by atoms with van der Waals surface area (Å²) in [5.74, 6) is 0.943. The highest BCUT2D eigenvalue weighted by atomic mass is 14.9. The van der Waals surface area contributed by atoms with Gasteiger partial charge in [-0.15, -0.1) is 0 Å². The fourth-order valence-corrected chi connectivity index (χ4v) is 3.30. The highest BCUT2D eigenvalue weighted by molar-refractivity contribution is 5.31. The van der Waals surface area contributed by atoms with Crippen LogP contribution in [0.15, 0.2) is 18.2 Å². The quantitative estimate of drug-likeness (QED) is 0.809. The van der Waals surface area contributed by atoms with Gasteiger partial charge in [-0.2, -0.15) is 0 Å². The molecular formula is C18H29N. The summed E-state index contributed by atoms with van der Waals surface area (Å²) in [6.45, 7) is 9.03. The van der Waals surface area contributed by atoms with E-state index >= 15 is 0 Å². The topological polar surface area (TPSA) is 12.0 Å². The Bertz CT molecular complexity index is 410. The molecule has 1 aliphatic carbocycles. The van der Waals surface area contributed by atoms with E-state index in [4.69, 9.17) is 0 Å². The molecule has 1 aliphatic rings. The monoisotopic (exact) mass is 259 g/mol. The van der Waals surface area contributed by atoms with Gasteiger partial charge in [0.1, 0.15) is 0 Å². The Labute approximate surface area is 118 Å². The first-order chi connectivity index (χ1) is 9.10. The third-order valence-corrected chi connectivity index (χ3v) is 4.88. The van der Waals surface area contributed by atoms with E-state index < -0.39 is 0 Å². The van der Waals surface area contributed by atoms with Crippen LogP contribution in [0, 0.1) is 19.8 Å². The van der Waals surface area contributed by atoms with Gasteiger partial charge in [-0.1, -0.05) is 44.4 Å². The standard InChI is InChI=1S/C18H29N/c1-5-16-7-6-8-18(12-16)19-15(4)17-10-9-13(2)14(3)11-17/h9-11,15-16,18-19H,5-8,12H2,1-4H3. The molecule has 0 saturated heterocycles. The fourth-order valence-electron chi connectivity index (χ4n) is 3.30. The van der Waals surface area contributed by atoms with Gasteiger partial charge < -0.3 is 5.32 Å². The first-order valence-corrected chi connectivity index (χ1v) is 7.93. The van der Waals surface area contributed by atoms with Gasteiger partial charge >= 0.3 is 0 Å². The van der Waals surface area contributed by atoms with Gasteiger partial charge in [-0.05, 0) is 56.2 Å². The number of hydrogen-bond acceptors (Lipinski definition) is 1. The molecule has 2 rings (SSSR count). The largest absolute Gasteiger partial charge is 0.307 e. The Morgan fingerprint density at radius 3 is 2.68 bits per heavy atom. The second-order valence-electron chi connectivity index (χ2n) is 6.37. The van der Waals surface area contributed by atoms with E-state index in [2.05, 4.69) is 51.2 Å². The average Bonchev–Trinajstić information content (AvgIpc) is 2.42. The van der Waals surface area contributed by atoms with E-state index in [-0.39, 0.29) is 0 Å². The molecule has 1 nitrogen and oxygen atoms in total. The zero-order valence-corrected chi connectivity index (χ0v) is 13.0. The highest BCUT2D eigenvalue weighted by Gasteiger charge is 2.22. The molecule has 0 aliphatic heterocycles. The van der Waals surface area contributed by atoms with Gasteiger partial charge in [0, 0.05) is 12.1 Å². The molecule has 0 aromatic heterocycles. The van der Waals surface area contributed by atoms with E-state index in [1.54, 1.807) is 0 Å². The third-order valence-electron chi connectivity index (χ3n) is 4.88. The van der Waals surface area contributed by atoms with Crippen molar-refractivity contribution in [3.8, 4) is 0 Å². The number of nitrogens with one attached hydrogen (secondary N) is 1. The van der Waals surface area contributed by atoms with Gasteiger partial charge in [0.05, 0.1) is 0 Å². The molecule has 3 atom stereocenters. The lowest BCUT2D eigenvalue weighted by Crippen LogP contribution is -2.35. The van der Waals surface area contributed by atoms with Crippen LogP contribution >= 0.6 is 0 Å². The average molecular weight is 259 g/mol. The molecule has 106 valence electrons. The molecule has 1 aromatic carbocycles. The molecule has 1 heteroatoms. The summed E-state index contributed by atoms with van der Waals surface area (Å²) in [5, 5.41) is 3.85. The third kappa shape index (κ3) is 3.82. The SMILES string of the molecule is CCC1CCCC(NC(C)c2ccc(C)c(C)c2)C1. The van der Waals surface area contributed by atoms with Crippen LogP contribution in [0.2, 0.25) is 0 Å². The van der Waals surface area contributed by atoms with E-state index in [1.807, 2.05) is 0 Å². The van der Waals surface area contributed by atoms with Crippen LogP contribution in [0.3, 0.4) is 0 Å². The first kappa shape index (κ1) is 14.6. The molecule has 0 radical (unpaired) electrons. The van der Waals surface area contributed by atoms with Crippen LogP contribution in [0.4, 0.5) is 0 Å². The van der Waals surface area contributed by atoms with E-state index in [0.717, 1.165) is 12.0 Å². The summed E-state index contributed by atoms with van der Waals surface area (Å²) in [4.78, 5) is 0. The van der Waals surface area contributed by atoms with E-state index in [0.29, 0.717) is 6.04 Å². The zero-order valence-electron chi connectivity index (χ0n) is 13.0. The molecule has 19 heavy (non-hydrogen) atoms. The molecular weight excluding hydrogens is 230 g/mol. The maximum absolute atomic E-state index is 3.85. The normalized spacial score (nSPS) is 25.3. The van der Waals surface area contributed by atoms with Crippen molar-refractivity contribution in [1.82, 2.24) is 5.32 Å². The zero-order chi connectivity index (χ0) is 13.8. The molecule has 0 bridgehead atoms. The summed E-state index contributed by atoms with van der Waals surface area (Å²) in [6, 6.07) is 8.06. The molecule has 1 fully saturated rings. The lowest BCUT2D eigenvalue weighted by atomic mass is 9.84. The molecule has 0 spiro atoms. The summed E-state index contributed by atoms with van der Waals surface area (Å²) in [5.41, 5.74) is 4.22. The minimum absolute atomic E-state index is 0.472. The lowest BCUT2D eigenvalue weighted by Gasteiger charge is -2.31. The first-order valence-electron chi connectivity index (χ1n) is 7.93. The van der Waals surface area contributed by atoms with Crippen molar-refractivity contribution in [3.63, 3.8) is 0 Å². The maximum Gasteiger partial charge on any atom is 0.0294 e. The van der Waals surface area contributed by atoms with Crippen molar-refractivity contribution in [3.05, 3.63) is 34.9 Å². The van der Waals surface area contributed by atoms with Gasteiger partial charge in [0.15, 0.2) is 0 Å². The smallest absolute Gasteiger partial charge is 0.0294 e. The van der Waals surface area contributed by atoms with E-state index in [9.17, 15) is 0 Å². The predicted molar refractivity (Wildman–Crippen MR) is 83.5 cm³/mol. The molecule has 1 aromatic rings. The molecule has 1 saturated carbocycles. The lowest BCUT2D eigenvalue weighted by molar-refractivity contribution is 0.266.